The molecule has 3 nitrogen and oxygen atoms in total. The first-order valence-electron chi connectivity index (χ1n) is 9.13. The zero-order chi connectivity index (χ0) is 20.9. The lowest BCUT2D eigenvalue weighted by Crippen LogP contribution is -2.42. The summed E-state index contributed by atoms with van der Waals surface area (Å²) < 4.78 is 75.4. The number of hydrogen-bond donors (Lipinski definition) is 0. The second kappa shape index (κ2) is 9.15. The highest BCUT2D eigenvalue weighted by Gasteiger charge is 2.33. The largest absolute Gasteiger partial charge is 0.416 e. The summed E-state index contributed by atoms with van der Waals surface area (Å²) in [5.41, 5.74) is -0.0826. The molecule has 1 saturated heterocycles. The van der Waals surface area contributed by atoms with Crippen molar-refractivity contribution in [2.45, 2.75) is 38.0 Å². The van der Waals surface area contributed by atoms with E-state index >= 15 is 0 Å². The highest BCUT2D eigenvalue weighted by Crippen LogP contribution is 2.29. The van der Waals surface area contributed by atoms with Gasteiger partial charge < -0.3 is 9.80 Å². The van der Waals surface area contributed by atoms with Crippen LogP contribution >= 0.6 is 0 Å². The summed E-state index contributed by atoms with van der Waals surface area (Å²) >= 11 is 0. The summed E-state index contributed by atoms with van der Waals surface area (Å²) in [4.78, 5) is 14.9. The molecule has 0 saturated carbocycles. The zero-order valence-electron chi connectivity index (χ0n) is 15.6. The van der Waals surface area contributed by atoms with E-state index in [0.717, 1.165) is 36.4 Å². The second-order valence-corrected chi connectivity index (χ2v) is 7.32. The number of benzene rings is 1. The molecule has 0 radical (unpaired) electrons. The van der Waals surface area contributed by atoms with Gasteiger partial charge in [-0.2, -0.15) is 26.3 Å². The molecule has 1 aliphatic heterocycles. The third-order valence-corrected chi connectivity index (χ3v) is 4.88. The van der Waals surface area contributed by atoms with Gasteiger partial charge in [-0.3, -0.25) is 4.79 Å². The second-order valence-electron chi connectivity index (χ2n) is 7.32. The summed E-state index contributed by atoms with van der Waals surface area (Å²) in [5.74, 6) is -0.897. The van der Waals surface area contributed by atoms with Crippen LogP contribution in [0.2, 0.25) is 0 Å². The predicted octanol–water partition coefficient (Wildman–Crippen LogP) is 4.37. The molecular weight excluding hydrogens is 386 g/mol. The van der Waals surface area contributed by atoms with Gasteiger partial charge in [0.15, 0.2) is 0 Å². The van der Waals surface area contributed by atoms with E-state index in [0.29, 0.717) is 25.1 Å². The van der Waals surface area contributed by atoms with Crippen molar-refractivity contribution in [3.8, 4) is 0 Å². The van der Waals surface area contributed by atoms with Gasteiger partial charge in [0.2, 0.25) is 5.91 Å². The maximum absolute atomic E-state index is 12.8. The van der Waals surface area contributed by atoms with E-state index in [1.54, 1.807) is 6.07 Å². The number of rotatable bonds is 6. The van der Waals surface area contributed by atoms with Crippen LogP contribution in [0, 0.1) is 5.92 Å². The molecule has 9 heteroatoms. The summed E-state index contributed by atoms with van der Waals surface area (Å²) in [5, 5.41) is 0. The molecule has 0 bridgehead atoms. The summed E-state index contributed by atoms with van der Waals surface area (Å²) in [7, 11) is 1.37. The van der Waals surface area contributed by atoms with Gasteiger partial charge in [-0.05, 0) is 43.4 Å². The number of hydrogen-bond acceptors (Lipinski definition) is 2. The fourth-order valence-electron chi connectivity index (χ4n) is 3.49. The first-order valence-corrected chi connectivity index (χ1v) is 9.13. The quantitative estimate of drug-likeness (QED) is 0.651. The molecule has 1 fully saturated rings. The Morgan fingerprint density at radius 1 is 1.21 bits per heavy atom. The molecule has 2 rings (SSSR count). The molecule has 1 heterocycles. The summed E-state index contributed by atoms with van der Waals surface area (Å²) in [6.45, 7) is 2.21. The van der Waals surface area contributed by atoms with E-state index < -0.39 is 30.2 Å². The molecule has 1 aromatic carbocycles. The Balaban J connectivity index is 1.84. The van der Waals surface area contributed by atoms with Gasteiger partial charge in [-0.15, -0.1) is 0 Å². The Hall–Kier alpha value is -1.77. The third kappa shape index (κ3) is 7.33. The molecule has 0 N–H and O–H groups in total. The first kappa shape index (κ1) is 22.5. The maximum Gasteiger partial charge on any atom is 0.416 e. The summed E-state index contributed by atoms with van der Waals surface area (Å²) in [6.07, 6.45) is -8.25. The van der Waals surface area contributed by atoms with Gasteiger partial charge in [0.05, 0.1) is 5.56 Å². The number of carbonyl (C=O) groups excluding carboxylic acids is 1. The van der Waals surface area contributed by atoms with Crippen molar-refractivity contribution in [1.29, 1.82) is 0 Å². The molecule has 0 spiro atoms. The maximum atomic E-state index is 12.8. The van der Waals surface area contributed by atoms with Crippen molar-refractivity contribution in [2.75, 3.05) is 33.2 Å². The standard InChI is InChI=1S/C19H24F6N2O/c1-26(17(28)11-18(20,21)22)12-15-5-3-8-27(13-15)9-7-14-4-2-6-16(10-14)19(23,24)25/h2,4,6,10,15H,3,5,7-9,11-13H2,1H3/t15-/m0/s1. The lowest BCUT2D eigenvalue weighted by molar-refractivity contribution is -0.161. The number of piperidine rings is 1. The molecule has 158 valence electrons. The Labute approximate surface area is 160 Å². The Bertz CT molecular complexity index is 659. The van der Waals surface area contributed by atoms with Crippen LogP contribution < -0.4 is 0 Å². The average Bonchev–Trinajstić information content (AvgIpc) is 2.58. The number of amides is 1. The zero-order valence-corrected chi connectivity index (χ0v) is 15.6. The molecule has 1 aromatic rings. The fraction of sp³-hybridized carbons (Fsp3) is 0.632. The number of alkyl halides is 6. The molecule has 1 aliphatic rings. The van der Waals surface area contributed by atoms with Gasteiger partial charge in [-0.1, -0.05) is 18.2 Å². The van der Waals surface area contributed by atoms with Crippen molar-refractivity contribution in [1.82, 2.24) is 9.80 Å². The van der Waals surface area contributed by atoms with Crippen molar-refractivity contribution < 1.29 is 31.1 Å². The monoisotopic (exact) mass is 410 g/mol. The Morgan fingerprint density at radius 3 is 2.57 bits per heavy atom. The van der Waals surface area contributed by atoms with Crippen molar-refractivity contribution in [3.05, 3.63) is 35.4 Å². The van der Waals surface area contributed by atoms with Crippen LogP contribution in [-0.4, -0.2) is 55.1 Å². The minimum absolute atomic E-state index is 0.0532. The summed E-state index contributed by atoms with van der Waals surface area (Å²) in [6, 6.07) is 5.22. The van der Waals surface area contributed by atoms with E-state index in [4.69, 9.17) is 0 Å². The lowest BCUT2D eigenvalue weighted by Gasteiger charge is -2.34. The van der Waals surface area contributed by atoms with Crippen LogP contribution in [0.25, 0.3) is 0 Å². The predicted molar refractivity (Wildman–Crippen MR) is 92.6 cm³/mol. The van der Waals surface area contributed by atoms with Crippen molar-refractivity contribution in [3.63, 3.8) is 0 Å². The van der Waals surface area contributed by atoms with E-state index in [1.165, 1.54) is 13.1 Å². The van der Waals surface area contributed by atoms with Crippen LogP contribution in [-0.2, 0) is 17.4 Å². The van der Waals surface area contributed by atoms with E-state index in [-0.39, 0.29) is 12.5 Å². The van der Waals surface area contributed by atoms with Gasteiger partial charge in [-0.25, -0.2) is 0 Å². The van der Waals surface area contributed by atoms with Crippen molar-refractivity contribution in [2.24, 2.45) is 5.92 Å². The van der Waals surface area contributed by atoms with Crippen LogP contribution in [0.3, 0.4) is 0 Å². The molecular formula is C19H24F6N2O. The smallest absolute Gasteiger partial charge is 0.345 e. The molecule has 0 aliphatic carbocycles. The highest BCUT2D eigenvalue weighted by molar-refractivity contribution is 5.76. The molecule has 0 aromatic heterocycles. The van der Waals surface area contributed by atoms with Crippen molar-refractivity contribution >= 4 is 5.91 Å². The molecule has 0 unspecified atom stereocenters. The third-order valence-electron chi connectivity index (χ3n) is 4.88. The number of nitrogens with zero attached hydrogens (tertiary/aromatic N) is 2. The normalized spacial score (nSPS) is 18.9. The van der Waals surface area contributed by atoms with Crippen LogP contribution in [0.5, 0.6) is 0 Å². The average molecular weight is 410 g/mol. The molecule has 1 amide bonds. The fourth-order valence-corrected chi connectivity index (χ4v) is 3.49. The van der Waals surface area contributed by atoms with Crippen LogP contribution in [0.15, 0.2) is 24.3 Å². The molecule has 1 atom stereocenters. The number of halogens is 6. The number of carbonyl (C=O) groups is 1. The highest BCUT2D eigenvalue weighted by atomic mass is 19.4. The van der Waals surface area contributed by atoms with Gasteiger partial charge >= 0.3 is 12.4 Å². The minimum Gasteiger partial charge on any atom is -0.345 e. The van der Waals surface area contributed by atoms with E-state index in [2.05, 4.69) is 4.90 Å². The SMILES string of the molecule is CN(C[C@@H]1CCCN(CCc2cccc(C(F)(F)F)c2)C1)C(=O)CC(F)(F)F. The Kier molecular flexibility index (Phi) is 7.36. The van der Waals surface area contributed by atoms with Gasteiger partial charge in [0.25, 0.3) is 0 Å². The lowest BCUT2D eigenvalue weighted by atomic mass is 9.97. The molecule has 28 heavy (non-hydrogen) atoms. The van der Waals surface area contributed by atoms with Gasteiger partial charge in [0, 0.05) is 26.7 Å². The van der Waals surface area contributed by atoms with Crippen LogP contribution in [0.4, 0.5) is 26.3 Å². The Morgan fingerprint density at radius 2 is 1.93 bits per heavy atom. The van der Waals surface area contributed by atoms with E-state index in [1.807, 2.05) is 0 Å². The number of likely N-dealkylation sites (tertiary alicyclic amines) is 1. The minimum atomic E-state index is -4.52. The first-order chi connectivity index (χ1) is 12.9. The van der Waals surface area contributed by atoms with Gasteiger partial charge in [0.1, 0.15) is 6.42 Å². The topological polar surface area (TPSA) is 23.6 Å². The van der Waals surface area contributed by atoms with Crippen LogP contribution in [0.1, 0.15) is 30.4 Å². The van der Waals surface area contributed by atoms with E-state index in [9.17, 15) is 31.1 Å².